The van der Waals surface area contributed by atoms with E-state index < -0.39 is 0 Å². The van der Waals surface area contributed by atoms with Gasteiger partial charge in [-0.05, 0) is 13.8 Å². The number of fused-ring (bicyclic) bond motifs is 1. The number of nitrogens with zero attached hydrogens (tertiary/aromatic N) is 3. The van der Waals surface area contributed by atoms with E-state index >= 15 is 0 Å². The molecule has 2 rings (SSSR count). The fraction of sp³-hybridized carbons (Fsp3) is 0.667. The van der Waals surface area contributed by atoms with E-state index in [0.29, 0.717) is 24.7 Å². The molecule has 0 unspecified atom stereocenters. The molecule has 0 saturated heterocycles. The van der Waals surface area contributed by atoms with Crippen LogP contribution in [0, 0.1) is 0 Å². The molecule has 2 heterocycles. The highest BCUT2D eigenvalue weighted by Gasteiger charge is 2.23. The maximum absolute atomic E-state index is 12.3. The Morgan fingerprint density at radius 1 is 1.67 bits per heavy atom. The molecular formula is C12H19N3O3. The lowest BCUT2D eigenvalue weighted by Crippen LogP contribution is -2.39. The van der Waals surface area contributed by atoms with Gasteiger partial charge in [0.2, 0.25) is 5.88 Å². The quantitative estimate of drug-likeness (QED) is 0.849. The van der Waals surface area contributed by atoms with Crippen LogP contribution in [0.4, 0.5) is 0 Å². The number of hydrogen-bond acceptors (Lipinski definition) is 4. The second-order valence-electron chi connectivity index (χ2n) is 4.61. The number of aromatic nitrogens is 2. The Balaban J connectivity index is 2.19. The maximum atomic E-state index is 12.3. The number of rotatable bonds is 4. The van der Waals surface area contributed by atoms with Crippen LogP contribution in [0.1, 0.15) is 30.8 Å². The molecule has 0 aliphatic carbocycles. The van der Waals surface area contributed by atoms with Crippen molar-refractivity contribution < 1.29 is 14.6 Å². The summed E-state index contributed by atoms with van der Waals surface area (Å²) in [6.07, 6.45) is 0.910. The minimum absolute atomic E-state index is 0.0318. The minimum atomic E-state index is -0.162. The first-order valence-electron chi connectivity index (χ1n) is 6.26. The number of aliphatic hydroxyl groups excluding tert-OH is 1. The Bertz CT molecular complexity index is 405. The van der Waals surface area contributed by atoms with Crippen LogP contribution >= 0.6 is 0 Å². The highest BCUT2D eigenvalue weighted by atomic mass is 16.5. The Kier molecular flexibility index (Phi) is 3.86. The van der Waals surface area contributed by atoms with E-state index in [1.54, 1.807) is 15.6 Å². The molecule has 1 amide bonds. The van der Waals surface area contributed by atoms with Gasteiger partial charge < -0.3 is 14.7 Å². The van der Waals surface area contributed by atoms with Crippen molar-refractivity contribution in [3.05, 3.63) is 11.8 Å². The largest absolute Gasteiger partial charge is 0.478 e. The van der Waals surface area contributed by atoms with Crippen molar-refractivity contribution in [2.75, 3.05) is 19.8 Å². The first kappa shape index (κ1) is 12.9. The van der Waals surface area contributed by atoms with Crippen molar-refractivity contribution in [1.29, 1.82) is 0 Å². The maximum Gasteiger partial charge on any atom is 0.274 e. The van der Waals surface area contributed by atoms with Gasteiger partial charge in [0.05, 0.1) is 13.2 Å². The zero-order chi connectivity index (χ0) is 13.1. The number of carbonyl (C=O) groups is 1. The molecule has 0 bridgehead atoms. The van der Waals surface area contributed by atoms with Crippen LogP contribution in [0.2, 0.25) is 0 Å². The average Bonchev–Trinajstić information content (AvgIpc) is 2.78. The lowest BCUT2D eigenvalue weighted by Gasteiger charge is -2.24. The summed E-state index contributed by atoms with van der Waals surface area (Å²) in [5.41, 5.74) is 0.383. The third kappa shape index (κ3) is 2.48. The molecule has 0 radical (unpaired) electrons. The molecular weight excluding hydrogens is 234 g/mol. The van der Waals surface area contributed by atoms with Gasteiger partial charge in [0.15, 0.2) is 5.69 Å². The van der Waals surface area contributed by atoms with E-state index in [4.69, 9.17) is 9.84 Å². The molecule has 0 spiro atoms. The number of carbonyl (C=O) groups excluding carboxylic acids is 1. The molecule has 0 atom stereocenters. The molecule has 0 aromatic carbocycles. The van der Waals surface area contributed by atoms with Crippen LogP contribution in [-0.2, 0) is 6.54 Å². The molecule has 1 N–H and O–H groups in total. The van der Waals surface area contributed by atoms with E-state index in [9.17, 15) is 4.79 Å². The summed E-state index contributed by atoms with van der Waals surface area (Å²) in [6, 6.07) is 1.71. The molecule has 18 heavy (non-hydrogen) atoms. The molecule has 6 nitrogen and oxygen atoms in total. The van der Waals surface area contributed by atoms with Gasteiger partial charge in [-0.3, -0.25) is 4.79 Å². The molecule has 1 aliphatic rings. The normalized spacial score (nSPS) is 14.2. The number of aryl methyl sites for hydroxylation is 1. The van der Waals surface area contributed by atoms with Crippen molar-refractivity contribution >= 4 is 5.91 Å². The van der Waals surface area contributed by atoms with Gasteiger partial charge in [0.1, 0.15) is 0 Å². The highest BCUT2D eigenvalue weighted by Crippen LogP contribution is 2.19. The molecule has 0 saturated carbocycles. The van der Waals surface area contributed by atoms with Crippen molar-refractivity contribution in [3.63, 3.8) is 0 Å². The van der Waals surface area contributed by atoms with E-state index in [1.165, 1.54) is 0 Å². The van der Waals surface area contributed by atoms with E-state index in [-0.39, 0.29) is 18.6 Å². The predicted molar refractivity (Wildman–Crippen MR) is 65.6 cm³/mol. The van der Waals surface area contributed by atoms with Crippen LogP contribution in [0.25, 0.3) is 0 Å². The Morgan fingerprint density at radius 3 is 3.06 bits per heavy atom. The van der Waals surface area contributed by atoms with Gasteiger partial charge >= 0.3 is 0 Å². The fourth-order valence-electron chi connectivity index (χ4n) is 2.02. The van der Waals surface area contributed by atoms with Crippen molar-refractivity contribution in [3.8, 4) is 5.88 Å². The van der Waals surface area contributed by atoms with E-state index in [1.807, 2.05) is 13.8 Å². The SMILES string of the molecule is CC(C)N(CCO)C(=O)c1cc2n(n1)CCCO2. The second-order valence-corrected chi connectivity index (χ2v) is 4.61. The van der Waals surface area contributed by atoms with Crippen LogP contribution in [-0.4, -0.2) is 51.5 Å². The van der Waals surface area contributed by atoms with E-state index in [0.717, 1.165) is 13.0 Å². The molecule has 100 valence electrons. The Labute approximate surface area is 106 Å². The van der Waals surface area contributed by atoms with Crippen LogP contribution in [0.3, 0.4) is 0 Å². The van der Waals surface area contributed by atoms with Crippen molar-refractivity contribution in [2.45, 2.75) is 32.9 Å². The lowest BCUT2D eigenvalue weighted by molar-refractivity contribution is 0.0658. The van der Waals surface area contributed by atoms with Crippen molar-refractivity contribution in [2.24, 2.45) is 0 Å². The van der Waals surface area contributed by atoms with Gasteiger partial charge in [-0.2, -0.15) is 5.10 Å². The zero-order valence-electron chi connectivity index (χ0n) is 10.8. The van der Waals surface area contributed by atoms with Crippen molar-refractivity contribution in [1.82, 2.24) is 14.7 Å². The lowest BCUT2D eigenvalue weighted by atomic mass is 10.2. The Morgan fingerprint density at radius 2 is 2.44 bits per heavy atom. The first-order chi connectivity index (χ1) is 8.63. The molecule has 1 aliphatic heterocycles. The second kappa shape index (κ2) is 5.39. The van der Waals surface area contributed by atoms with Gasteiger partial charge in [0.25, 0.3) is 5.91 Å². The summed E-state index contributed by atoms with van der Waals surface area (Å²) in [6.45, 7) is 5.56. The zero-order valence-corrected chi connectivity index (χ0v) is 10.8. The Hall–Kier alpha value is -1.56. The molecule has 1 aromatic rings. The van der Waals surface area contributed by atoms with Gasteiger partial charge in [-0.25, -0.2) is 4.68 Å². The third-order valence-electron chi connectivity index (χ3n) is 2.95. The number of ether oxygens (including phenoxy) is 1. The summed E-state index contributed by atoms with van der Waals surface area (Å²) in [5.74, 6) is 0.488. The summed E-state index contributed by atoms with van der Waals surface area (Å²) >= 11 is 0. The van der Waals surface area contributed by atoms with Crippen LogP contribution in [0.15, 0.2) is 6.07 Å². The highest BCUT2D eigenvalue weighted by molar-refractivity contribution is 5.92. The van der Waals surface area contributed by atoms with Gasteiger partial charge in [0, 0.05) is 31.6 Å². The molecule has 6 heteroatoms. The summed E-state index contributed by atoms with van der Waals surface area (Å²) in [7, 11) is 0. The fourth-order valence-corrected chi connectivity index (χ4v) is 2.02. The monoisotopic (exact) mass is 253 g/mol. The number of aliphatic hydroxyl groups is 1. The van der Waals surface area contributed by atoms with Crippen LogP contribution in [0.5, 0.6) is 5.88 Å². The minimum Gasteiger partial charge on any atom is -0.478 e. The summed E-state index contributed by atoms with van der Waals surface area (Å²) in [5, 5.41) is 13.3. The number of amides is 1. The van der Waals surface area contributed by atoms with Gasteiger partial charge in [-0.15, -0.1) is 0 Å². The predicted octanol–water partition coefficient (Wildman–Crippen LogP) is 0.508. The smallest absolute Gasteiger partial charge is 0.274 e. The standard InChI is InChI=1S/C12H19N3O3/c1-9(2)14(5-6-16)12(17)10-8-11-15(13-10)4-3-7-18-11/h8-9,16H,3-7H2,1-2H3. The molecule has 1 aromatic heterocycles. The molecule has 0 fully saturated rings. The first-order valence-corrected chi connectivity index (χ1v) is 6.26. The summed E-state index contributed by atoms with van der Waals surface area (Å²) < 4.78 is 7.15. The third-order valence-corrected chi connectivity index (χ3v) is 2.95. The average molecular weight is 253 g/mol. The summed E-state index contributed by atoms with van der Waals surface area (Å²) in [4.78, 5) is 13.9. The topological polar surface area (TPSA) is 67.6 Å². The van der Waals surface area contributed by atoms with E-state index in [2.05, 4.69) is 5.10 Å². The number of hydrogen-bond donors (Lipinski definition) is 1. The van der Waals surface area contributed by atoms with Gasteiger partial charge in [-0.1, -0.05) is 0 Å². The van der Waals surface area contributed by atoms with Crippen LogP contribution < -0.4 is 4.74 Å².